The molecule has 8 heteroatoms. The molecule has 0 aliphatic heterocycles. The molecule has 0 unspecified atom stereocenters. The molecule has 7 nitrogen and oxygen atoms in total. The van der Waals surface area contributed by atoms with Crippen LogP contribution in [0.15, 0.2) is 47.1 Å². The molecule has 1 heterocycles. The van der Waals surface area contributed by atoms with E-state index in [4.69, 9.17) is 20.8 Å². The lowest BCUT2D eigenvalue weighted by atomic mass is 10.2. The molecule has 126 valence electrons. The summed E-state index contributed by atoms with van der Waals surface area (Å²) in [6, 6.07) is 9.93. The van der Waals surface area contributed by atoms with E-state index in [9.17, 15) is 14.4 Å². The van der Waals surface area contributed by atoms with E-state index in [1.165, 1.54) is 12.3 Å². The van der Waals surface area contributed by atoms with Gasteiger partial charge in [0, 0.05) is 5.02 Å². The zero-order valence-corrected chi connectivity index (χ0v) is 13.3. The molecule has 0 bridgehead atoms. The molecule has 2 aromatic rings. The van der Waals surface area contributed by atoms with Crippen LogP contribution in [0, 0.1) is 0 Å². The van der Waals surface area contributed by atoms with Gasteiger partial charge in [0.05, 0.1) is 12.8 Å². The lowest BCUT2D eigenvalue weighted by Crippen LogP contribution is -2.39. The van der Waals surface area contributed by atoms with Gasteiger partial charge in [-0.25, -0.2) is 0 Å². The molecule has 0 spiro atoms. The van der Waals surface area contributed by atoms with Gasteiger partial charge in [-0.2, -0.15) is 0 Å². The second-order valence-corrected chi connectivity index (χ2v) is 5.16. The highest BCUT2D eigenvalue weighted by Gasteiger charge is 2.11. The molecular formula is C16H15ClN2O5. The molecule has 0 aliphatic rings. The molecular weight excluding hydrogens is 336 g/mol. The highest BCUT2D eigenvalue weighted by atomic mass is 35.5. The molecule has 2 rings (SSSR count). The quantitative estimate of drug-likeness (QED) is 0.738. The van der Waals surface area contributed by atoms with Crippen LogP contribution in [0.1, 0.15) is 16.1 Å². The number of nitrogens with one attached hydrogen (secondary N) is 2. The zero-order valence-electron chi connectivity index (χ0n) is 12.6. The standard InChI is InChI=1S/C16H15ClN2O5/c17-12-4-1-3-11(7-12)10-24-15(21)9-18-14(20)8-19-16(22)13-5-2-6-23-13/h1-7H,8-10H2,(H,18,20)(H,19,22). The minimum Gasteiger partial charge on any atom is -0.460 e. The van der Waals surface area contributed by atoms with Crippen molar-refractivity contribution in [2.75, 3.05) is 13.1 Å². The van der Waals surface area contributed by atoms with Gasteiger partial charge < -0.3 is 19.8 Å². The Morgan fingerprint density at radius 1 is 1.08 bits per heavy atom. The molecule has 2 N–H and O–H groups in total. The monoisotopic (exact) mass is 350 g/mol. The molecule has 1 aromatic carbocycles. The zero-order chi connectivity index (χ0) is 17.4. The first-order valence-electron chi connectivity index (χ1n) is 7.03. The lowest BCUT2D eigenvalue weighted by molar-refractivity contribution is -0.145. The molecule has 0 aliphatic carbocycles. The number of carbonyl (C=O) groups is 3. The van der Waals surface area contributed by atoms with Crippen LogP contribution in [0.2, 0.25) is 5.02 Å². The molecule has 24 heavy (non-hydrogen) atoms. The van der Waals surface area contributed by atoms with Crippen molar-refractivity contribution in [2.45, 2.75) is 6.61 Å². The Kier molecular flexibility index (Phi) is 6.39. The Balaban J connectivity index is 1.64. The fourth-order valence-electron chi connectivity index (χ4n) is 1.73. The number of furan rings is 1. The average Bonchev–Trinajstić information content (AvgIpc) is 3.10. The Morgan fingerprint density at radius 3 is 2.62 bits per heavy atom. The summed E-state index contributed by atoms with van der Waals surface area (Å²) in [6.45, 7) is -0.512. The molecule has 0 saturated heterocycles. The number of halogens is 1. The van der Waals surface area contributed by atoms with E-state index in [1.807, 2.05) is 0 Å². The van der Waals surface area contributed by atoms with Gasteiger partial charge in [-0.3, -0.25) is 14.4 Å². The minimum absolute atomic E-state index is 0.0600. The van der Waals surface area contributed by atoms with Gasteiger partial charge >= 0.3 is 5.97 Å². The topological polar surface area (TPSA) is 97.6 Å². The van der Waals surface area contributed by atoms with Crippen molar-refractivity contribution in [3.63, 3.8) is 0 Å². The molecule has 2 amide bonds. The molecule has 0 atom stereocenters. The van der Waals surface area contributed by atoms with Crippen molar-refractivity contribution in [3.05, 3.63) is 59.0 Å². The number of ether oxygens (including phenoxy) is 1. The third-order valence-corrected chi connectivity index (χ3v) is 3.11. The third kappa shape index (κ3) is 5.77. The molecule has 1 aromatic heterocycles. The summed E-state index contributed by atoms with van der Waals surface area (Å²) >= 11 is 5.82. The lowest BCUT2D eigenvalue weighted by Gasteiger charge is -2.07. The van der Waals surface area contributed by atoms with Gasteiger partial charge in [0.25, 0.3) is 5.91 Å². The first-order valence-corrected chi connectivity index (χ1v) is 7.41. The Morgan fingerprint density at radius 2 is 1.92 bits per heavy atom. The summed E-state index contributed by atoms with van der Waals surface area (Å²) < 4.78 is 9.88. The van der Waals surface area contributed by atoms with Gasteiger partial charge in [0.1, 0.15) is 13.2 Å². The van der Waals surface area contributed by atoms with E-state index < -0.39 is 17.8 Å². The Labute approximate surface area is 142 Å². The van der Waals surface area contributed by atoms with Gasteiger partial charge in [-0.15, -0.1) is 0 Å². The van der Waals surface area contributed by atoms with Gasteiger partial charge in [-0.1, -0.05) is 23.7 Å². The van der Waals surface area contributed by atoms with Crippen molar-refractivity contribution in [1.29, 1.82) is 0 Å². The van der Waals surface area contributed by atoms with Crippen LogP contribution in [0.5, 0.6) is 0 Å². The average molecular weight is 351 g/mol. The van der Waals surface area contributed by atoms with E-state index in [0.29, 0.717) is 5.02 Å². The SMILES string of the molecule is O=C(CNC(=O)c1ccco1)NCC(=O)OCc1cccc(Cl)c1. The summed E-state index contributed by atoms with van der Waals surface area (Å²) in [6.07, 6.45) is 1.35. The molecule has 0 radical (unpaired) electrons. The Hall–Kier alpha value is -2.80. The van der Waals surface area contributed by atoms with Crippen molar-refractivity contribution >= 4 is 29.4 Å². The number of amides is 2. The minimum atomic E-state index is -0.597. The molecule has 0 fully saturated rings. The summed E-state index contributed by atoms with van der Waals surface area (Å²) in [7, 11) is 0. The van der Waals surface area contributed by atoms with Crippen molar-refractivity contribution in [3.8, 4) is 0 Å². The van der Waals surface area contributed by atoms with Gasteiger partial charge in [0.2, 0.25) is 5.91 Å². The van der Waals surface area contributed by atoms with Crippen molar-refractivity contribution in [1.82, 2.24) is 10.6 Å². The highest BCUT2D eigenvalue weighted by molar-refractivity contribution is 6.30. The highest BCUT2D eigenvalue weighted by Crippen LogP contribution is 2.11. The first kappa shape index (κ1) is 17.6. The summed E-state index contributed by atoms with van der Waals surface area (Å²) in [5.41, 5.74) is 0.743. The van der Waals surface area contributed by atoms with E-state index in [-0.39, 0.29) is 25.5 Å². The number of rotatable bonds is 7. The van der Waals surface area contributed by atoms with Crippen LogP contribution in [-0.2, 0) is 20.9 Å². The maximum atomic E-state index is 11.6. The van der Waals surface area contributed by atoms with Crippen LogP contribution in [0.4, 0.5) is 0 Å². The summed E-state index contributed by atoms with van der Waals surface area (Å²) in [5.74, 6) is -1.53. The fraction of sp³-hybridized carbons (Fsp3) is 0.188. The smallest absolute Gasteiger partial charge is 0.325 e. The first-order chi connectivity index (χ1) is 11.5. The van der Waals surface area contributed by atoms with Crippen molar-refractivity contribution < 1.29 is 23.5 Å². The van der Waals surface area contributed by atoms with Crippen LogP contribution in [0.25, 0.3) is 0 Å². The normalized spacial score (nSPS) is 10.0. The Bertz CT molecular complexity index is 715. The maximum Gasteiger partial charge on any atom is 0.325 e. The van der Waals surface area contributed by atoms with E-state index >= 15 is 0 Å². The number of esters is 1. The van der Waals surface area contributed by atoms with Gasteiger partial charge in [-0.05, 0) is 29.8 Å². The third-order valence-electron chi connectivity index (χ3n) is 2.87. The van der Waals surface area contributed by atoms with Crippen LogP contribution < -0.4 is 10.6 Å². The summed E-state index contributed by atoms with van der Waals surface area (Å²) in [4.78, 5) is 34.7. The number of hydrogen-bond donors (Lipinski definition) is 2. The fourth-order valence-corrected chi connectivity index (χ4v) is 1.94. The number of carbonyl (C=O) groups excluding carboxylic acids is 3. The predicted molar refractivity (Wildman–Crippen MR) is 85.3 cm³/mol. The van der Waals surface area contributed by atoms with Crippen LogP contribution in [0.3, 0.4) is 0 Å². The number of hydrogen-bond acceptors (Lipinski definition) is 5. The largest absolute Gasteiger partial charge is 0.460 e. The van der Waals surface area contributed by atoms with Gasteiger partial charge in [0.15, 0.2) is 5.76 Å². The second kappa shape index (κ2) is 8.73. The van der Waals surface area contributed by atoms with Crippen LogP contribution >= 0.6 is 11.6 Å². The van der Waals surface area contributed by atoms with E-state index in [1.54, 1.807) is 30.3 Å². The van der Waals surface area contributed by atoms with Crippen molar-refractivity contribution in [2.24, 2.45) is 0 Å². The predicted octanol–water partition coefficient (Wildman–Crippen LogP) is 1.52. The maximum absolute atomic E-state index is 11.6. The summed E-state index contributed by atoms with van der Waals surface area (Å²) in [5, 5.41) is 5.25. The van der Waals surface area contributed by atoms with E-state index in [2.05, 4.69) is 10.6 Å². The molecule has 0 saturated carbocycles. The van der Waals surface area contributed by atoms with Crippen LogP contribution in [-0.4, -0.2) is 30.9 Å². The second-order valence-electron chi connectivity index (χ2n) is 4.73. The van der Waals surface area contributed by atoms with E-state index in [0.717, 1.165) is 5.56 Å². The number of benzene rings is 1.